The highest BCUT2D eigenvalue weighted by atomic mass is 16.2. The monoisotopic (exact) mass is 284 g/mol. The van der Waals surface area contributed by atoms with Crippen molar-refractivity contribution >= 4 is 17.2 Å². The topological polar surface area (TPSA) is 41.1 Å². The van der Waals surface area contributed by atoms with E-state index in [1.165, 1.54) is 16.7 Å². The van der Waals surface area contributed by atoms with E-state index < -0.39 is 0 Å². The second-order valence-electron chi connectivity index (χ2n) is 5.63. The molecule has 2 rings (SSSR count). The summed E-state index contributed by atoms with van der Waals surface area (Å²) in [7, 11) is 0. The molecular formula is C18H24N2O. The van der Waals surface area contributed by atoms with Crippen LogP contribution in [0.5, 0.6) is 0 Å². The largest absolute Gasteiger partial charge is 0.325 e. The second-order valence-corrected chi connectivity index (χ2v) is 5.63. The van der Waals surface area contributed by atoms with Crippen molar-refractivity contribution in [3.63, 3.8) is 0 Å². The molecule has 1 aliphatic heterocycles. The average molecular weight is 284 g/mol. The van der Waals surface area contributed by atoms with Gasteiger partial charge in [-0.15, -0.1) is 0 Å². The van der Waals surface area contributed by atoms with Gasteiger partial charge >= 0.3 is 0 Å². The van der Waals surface area contributed by atoms with Crippen LogP contribution < -0.4 is 10.6 Å². The Hall–Kier alpha value is -1.87. The Morgan fingerprint density at radius 3 is 2.52 bits per heavy atom. The van der Waals surface area contributed by atoms with Gasteiger partial charge in [0, 0.05) is 5.69 Å². The maximum atomic E-state index is 12.1. The number of benzene rings is 1. The van der Waals surface area contributed by atoms with Gasteiger partial charge in [0.05, 0.1) is 6.04 Å². The molecule has 0 aromatic heterocycles. The third-order valence-electron chi connectivity index (χ3n) is 3.71. The first-order valence-corrected chi connectivity index (χ1v) is 7.56. The molecule has 1 aromatic rings. The van der Waals surface area contributed by atoms with Crippen LogP contribution in [0.4, 0.5) is 5.69 Å². The van der Waals surface area contributed by atoms with Crippen molar-refractivity contribution in [3.05, 3.63) is 47.6 Å². The number of hydrogen-bond donors (Lipinski definition) is 2. The minimum Gasteiger partial charge on any atom is -0.325 e. The number of amides is 1. The van der Waals surface area contributed by atoms with Crippen LogP contribution in [-0.4, -0.2) is 18.5 Å². The first kappa shape index (κ1) is 15.5. The first-order valence-electron chi connectivity index (χ1n) is 7.56. The molecule has 0 saturated carbocycles. The van der Waals surface area contributed by atoms with E-state index >= 15 is 0 Å². The standard InChI is InChI=1S/C18H24N2O/c1-4-6-16(13(2)3)14-8-10-15(11-9-14)20-18(21)17-7-5-12-19-17/h4,6,8-11,17,19H,5,7,12H2,1-3H3,(H,20,21)/b6-4-/t17-/m0/s1. The zero-order valence-electron chi connectivity index (χ0n) is 13.1. The summed E-state index contributed by atoms with van der Waals surface area (Å²) in [5.41, 5.74) is 4.53. The third-order valence-corrected chi connectivity index (χ3v) is 3.71. The highest BCUT2D eigenvalue weighted by Gasteiger charge is 2.21. The van der Waals surface area contributed by atoms with Gasteiger partial charge in [-0.05, 0) is 63.4 Å². The third kappa shape index (κ3) is 4.05. The van der Waals surface area contributed by atoms with E-state index in [1.807, 2.05) is 25.1 Å². The molecule has 1 saturated heterocycles. The fourth-order valence-electron chi connectivity index (χ4n) is 2.59. The summed E-state index contributed by atoms with van der Waals surface area (Å²) in [5, 5.41) is 6.18. The lowest BCUT2D eigenvalue weighted by Gasteiger charge is -2.12. The predicted molar refractivity (Wildman–Crippen MR) is 89.2 cm³/mol. The zero-order valence-corrected chi connectivity index (χ0v) is 13.1. The molecule has 112 valence electrons. The van der Waals surface area contributed by atoms with Crippen LogP contribution >= 0.6 is 0 Å². The highest BCUT2D eigenvalue weighted by molar-refractivity contribution is 5.95. The summed E-state index contributed by atoms with van der Waals surface area (Å²) in [5.74, 6) is 0.0659. The maximum Gasteiger partial charge on any atom is 0.241 e. The molecule has 1 heterocycles. The lowest BCUT2D eigenvalue weighted by molar-refractivity contribution is -0.117. The smallest absolute Gasteiger partial charge is 0.241 e. The molecule has 2 N–H and O–H groups in total. The molecule has 1 amide bonds. The number of hydrogen-bond acceptors (Lipinski definition) is 2. The Balaban J connectivity index is 2.08. The van der Waals surface area contributed by atoms with E-state index in [0.29, 0.717) is 0 Å². The lowest BCUT2D eigenvalue weighted by Crippen LogP contribution is -2.35. The van der Waals surface area contributed by atoms with Crippen molar-refractivity contribution < 1.29 is 4.79 Å². The minimum absolute atomic E-state index is 0.0407. The van der Waals surface area contributed by atoms with Crippen LogP contribution in [0.25, 0.3) is 5.57 Å². The van der Waals surface area contributed by atoms with Gasteiger partial charge in [-0.3, -0.25) is 4.79 Å². The van der Waals surface area contributed by atoms with E-state index in [9.17, 15) is 4.79 Å². The van der Waals surface area contributed by atoms with Gasteiger partial charge in [-0.2, -0.15) is 0 Å². The van der Waals surface area contributed by atoms with Crippen molar-refractivity contribution in [1.29, 1.82) is 0 Å². The van der Waals surface area contributed by atoms with Crippen LogP contribution in [0.2, 0.25) is 0 Å². The molecule has 3 heteroatoms. The van der Waals surface area contributed by atoms with E-state index in [1.54, 1.807) is 0 Å². The highest BCUT2D eigenvalue weighted by Crippen LogP contribution is 2.22. The molecule has 1 atom stereocenters. The summed E-state index contributed by atoms with van der Waals surface area (Å²) in [6, 6.07) is 8.00. The summed E-state index contributed by atoms with van der Waals surface area (Å²) in [6.07, 6.45) is 6.16. The van der Waals surface area contributed by atoms with Crippen LogP contribution in [0, 0.1) is 0 Å². The normalized spacial score (nSPS) is 18.0. The van der Waals surface area contributed by atoms with Crippen molar-refractivity contribution in [1.82, 2.24) is 5.32 Å². The van der Waals surface area contributed by atoms with Gasteiger partial charge in [0.2, 0.25) is 5.91 Å². The SMILES string of the molecule is C/C=C\C(=C(C)C)c1ccc(NC(=O)[C@@H]2CCCN2)cc1. The molecule has 0 radical (unpaired) electrons. The van der Waals surface area contributed by atoms with Gasteiger partial charge in [0.25, 0.3) is 0 Å². The average Bonchev–Trinajstić information content (AvgIpc) is 3.00. The molecule has 0 aliphatic carbocycles. The van der Waals surface area contributed by atoms with E-state index in [-0.39, 0.29) is 11.9 Å². The van der Waals surface area contributed by atoms with Crippen LogP contribution in [0.3, 0.4) is 0 Å². The number of anilines is 1. The van der Waals surface area contributed by atoms with Crippen molar-refractivity contribution in [3.8, 4) is 0 Å². The molecule has 1 fully saturated rings. The molecular weight excluding hydrogens is 260 g/mol. The fourth-order valence-corrected chi connectivity index (χ4v) is 2.59. The Morgan fingerprint density at radius 2 is 2.00 bits per heavy atom. The van der Waals surface area contributed by atoms with Gasteiger partial charge in [-0.25, -0.2) is 0 Å². The minimum atomic E-state index is -0.0407. The van der Waals surface area contributed by atoms with E-state index in [2.05, 4.69) is 42.7 Å². The Kier molecular flexibility index (Phi) is 5.34. The predicted octanol–water partition coefficient (Wildman–Crippen LogP) is 3.75. The number of nitrogens with one attached hydrogen (secondary N) is 2. The Labute approximate surface area is 127 Å². The number of carbonyl (C=O) groups is 1. The molecule has 0 unspecified atom stereocenters. The van der Waals surface area contributed by atoms with E-state index in [0.717, 1.165) is 25.1 Å². The molecule has 21 heavy (non-hydrogen) atoms. The fraction of sp³-hybridized carbons (Fsp3) is 0.389. The molecule has 1 aromatic carbocycles. The van der Waals surface area contributed by atoms with Crippen molar-refractivity contribution in [2.24, 2.45) is 0 Å². The van der Waals surface area contributed by atoms with Crippen LogP contribution in [0.15, 0.2) is 42.0 Å². The number of allylic oxidation sites excluding steroid dienone is 4. The van der Waals surface area contributed by atoms with Gasteiger partial charge in [0.1, 0.15) is 0 Å². The van der Waals surface area contributed by atoms with Crippen LogP contribution in [0.1, 0.15) is 39.2 Å². The summed E-state index contributed by atoms with van der Waals surface area (Å²) in [6.45, 7) is 7.17. The van der Waals surface area contributed by atoms with Gasteiger partial charge < -0.3 is 10.6 Å². The number of carbonyl (C=O) groups excluding carboxylic acids is 1. The molecule has 3 nitrogen and oxygen atoms in total. The van der Waals surface area contributed by atoms with Crippen molar-refractivity contribution in [2.45, 2.75) is 39.7 Å². The lowest BCUT2D eigenvalue weighted by atomic mass is 10.0. The Bertz CT molecular complexity index is 545. The molecule has 0 spiro atoms. The molecule has 0 bridgehead atoms. The summed E-state index contributed by atoms with van der Waals surface area (Å²) >= 11 is 0. The zero-order chi connectivity index (χ0) is 15.2. The first-order chi connectivity index (χ1) is 10.1. The summed E-state index contributed by atoms with van der Waals surface area (Å²) in [4.78, 5) is 12.1. The van der Waals surface area contributed by atoms with Crippen molar-refractivity contribution in [2.75, 3.05) is 11.9 Å². The van der Waals surface area contributed by atoms with Gasteiger partial charge in [0.15, 0.2) is 0 Å². The second kappa shape index (κ2) is 7.23. The number of rotatable bonds is 4. The van der Waals surface area contributed by atoms with E-state index in [4.69, 9.17) is 0 Å². The van der Waals surface area contributed by atoms with Gasteiger partial charge in [-0.1, -0.05) is 29.9 Å². The summed E-state index contributed by atoms with van der Waals surface area (Å²) < 4.78 is 0. The van der Waals surface area contributed by atoms with Crippen LogP contribution in [-0.2, 0) is 4.79 Å². The quantitative estimate of drug-likeness (QED) is 0.827. The molecule has 1 aliphatic rings. The Morgan fingerprint density at radius 1 is 1.29 bits per heavy atom. The maximum absolute atomic E-state index is 12.1.